The number of carbonyl (C=O) groups excluding carboxylic acids is 1. The molecule has 3 aromatic rings. The van der Waals surface area contributed by atoms with Gasteiger partial charge in [0, 0.05) is 23.4 Å². The van der Waals surface area contributed by atoms with Gasteiger partial charge in [-0.05, 0) is 32.0 Å². The number of aromatic nitrogens is 1. The normalized spacial score (nSPS) is 10.5. The van der Waals surface area contributed by atoms with Crippen molar-refractivity contribution in [2.45, 2.75) is 13.8 Å². The number of aromatic amines is 1. The molecule has 0 fully saturated rings. The van der Waals surface area contributed by atoms with Gasteiger partial charge >= 0.3 is 5.97 Å². The summed E-state index contributed by atoms with van der Waals surface area (Å²) in [7, 11) is 0. The average Bonchev–Trinajstić information content (AvgIpc) is 2.97. The van der Waals surface area contributed by atoms with E-state index in [0.717, 1.165) is 0 Å². The van der Waals surface area contributed by atoms with E-state index in [1.165, 1.54) is 18.2 Å². The number of hydrogen-bond acceptors (Lipinski definition) is 6. The van der Waals surface area contributed by atoms with E-state index < -0.39 is 10.9 Å². The highest BCUT2D eigenvalue weighted by atomic mass is 16.6. The summed E-state index contributed by atoms with van der Waals surface area (Å²) in [5.41, 5.74) is 7.65. The van der Waals surface area contributed by atoms with Crippen LogP contribution in [-0.2, 0) is 4.74 Å². The first kappa shape index (κ1) is 19.0. The van der Waals surface area contributed by atoms with Crippen molar-refractivity contribution in [2.24, 2.45) is 0 Å². The number of para-hydroxylation sites is 1. The standard InChI is InChI=1S/C20H19N3O5/c1-3-27-20(24)17-12(2)22-19(18(17)21)15-11-13(23(25)26)9-10-16(15)28-14-7-5-4-6-8-14/h4-11,22H,3,21H2,1-2H3. The second kappa shape index (κ2) is 7.83. The molecule has 0 spiro atoms. The SMILES string of the molecule is CCOC(=O)c1c(C)[nH]c(-c2cc([N+](=O)[O-])ccc2Oc2ccccc2)c1N. The molecule has 28 heavy (non-hydrogen) atoms. The Balaban J connectivity index is 2.14. The largest absolute Gasteiger partial charge is 0.462 e. The van der Waals surface area contributed by atoms with E-state index >= 15 is 0 Å². The molecule has 0 saturated carbocycles. The molecule has 1 heterocycles. The third-order valence-electron chi connectivity index (χ3n) is 4.12. The average molecular weight is 381 g/mol. The van der Waals surface area contributed by atoms with E-state index in [0.29, 0.717) is 28.5 Å². The third-order valence-corrected chi connectivity index (χ3v) is 4.12. The van der Waals surface area contributed by atoms with Crippen LogP contribution in [0, 0.1) is 17.0 Å². The van der Waals surface area contributed by atoms with Crippen molar-refractivity contribution in [1.82, 2.24) is 4.98 Å². The van der Waals surface area contributed by atoms with Crippen LogP contribution < -0.4 is 10.5 Å². The summed E-state index contributed by atoms with van der Waals surface area (Å²) >= 11 is 0. The van der Waals surface area contributed by atoms with Gasteiger partial charge in [0.2, 0.25) is 0 Å². The van der Waals surface area contributed by atoms with Crippen LogP contribution in [0.15, 0.2) is 48.5 Å². The molecule has 0 amide bonds. The van der Waals surface area contributed by atoms with Crippen LogP contribution in [-0.4, -0.2) is 22.5 Å². The number of anilines is 1. The number of nitrogen functional groups attached to an aromatic ring is 1. The van der Waals surface area contributed by atoms with Crippen LogP contribution in [0.3, 0.4) is 0 Å². The number of esters is 1. The summed E-state index contributed by atoms with van der Waals surface area (Å²) in [6.07, 6.45) is 0. The lowest BCUT2D eigenvalue weighted by molar-refractivity contribution is -0.384. The number of ether oxygens (including phenoxy) is 2. The predicted octanol–water partition coefficient (Wildman–Crippen LogP) is 4.45. The smallest absolute Gasteiger partial charge is 0.342 e. The zero-order chi connectivity index (χ0) is 20.3. The maximum Gasteiger partial charge on any atom is 0.342 e. The first-order chi connectivity index (χ1) is 13.4. The Labute approximate surface area is 161 Å². The molecule has 0 unspecified atom stereocenters. The molecule has 1 aromatic heterocycles. The number of nitro groups is 1. The lowest BCUT2D eigenvalue weighted by Crippen LogP contribution is -2.07. The van der Waals surface area contributed by atoms with Gasteiger partial charge in [0.15, 0.2) is 0 Å². The zero-order valence-electron chi connectivity index (χ0n) is 15.4. The molecule has 0 aliphatic heterocycles. The molecule has 0 saturated heterocycles. The second-order valence-electron chi connectivity index (χ2n) is 5.99. The van der Waals surface area contributed by atoms with Crippen molar-refractivity contribution < 1.29 is 19.2 Å². The molecule has 0 aliphatic rings. The number of carbonyl (C=O) groups is 1. The molecule has 0 atom stereocenters. The first-order valence-corrected chi connectivity index (χ1v) is 8.59. The number of nitrogens with zero attached hydrogens (tertiary/aromatic N) is 1. The Morgan fingerprint density at radius 3 is 2.57 bits per heavy atom. The fraction of sp³-hybridized carbons (Fsp3) is 0.150. The molecular weight excluding hydrogens is 362 g/mol. The maximum atomic E-state index is 12.2. The second-order valence-corrected chi connectivity index (χ2v) is 5.99. The van der Waals surface area contributed by atoms with Crippen molar-refractivity contribution in [1.29, 1.82) is 0 Å². The zero-order valence-corrected chi connectivity index (χ0v) is 15.4. The quantitative estimate of drug-likeness (QED) is 0.370. The number of H-pyrrole nitrogens is 1. The molecule has 0 aliphatic carbocycles. The van der Waals surface area contributed by atoms with Crippen LogP contribution in [0.4, 0.5) is 11.4 Å². The minimum Gasteiger partial charge on any atom is -0.462 e. The monoisotopic (exact) mass is 381 g/mol. The van der Waals surface area contributed by atoms with Gasteiger partial charge in [-0.2, -0.15) is 0 Å². The van der Waals surface area contributed by atoms with Gasteiger partial charge in [0.25, 0.3) is 5.69 Å². The molecule has 8 nitrogen and oxygen atoms in total. The van der Waals surface area contributed by atoms with Gasteiger partial charge in [-0.25, -0.2) is 4.79 Å². The van der Waals surface area contributed by atoms with Crippen molar-refractivity contribution in [3.8, 4) is 22.8 Å². The van der Waals surface area contributed by atoms with E-state index in [4.69, 9.17) is 15.2 Å². The van der Waals surface area contributed by atoms with E-state index in [1.807, 2.05) is 18.2 Å². The van der Waals surface area contributed by atoms with Gasteiger partial charge in [-0.1, -0.05) is 18.2 Å². The summed E-state index contributed by atoms with van der Waals surface area (Å²) < 4.78 is 10.9. The summed E-state index contributed by atoms with van der Waals surface area (Å²) in [6.45, 7) is 3.59. The Morgan fingerprint density at radius 1 is 1.21 bits per heavy atom. The summed E-state index contributed by atoms with van der Waals surface area (Å²) in [4.78, 5) is 26.0. The molecular formula is C20H19N3O5. The topological polar surface area (TPSA) is 120 Å². The van der Waals surface area contributed by atoms with Crippen LogP contribution in [0.5, 0.6) is 11.5 Å². The summed E-state index contributed by atoms with van der Waals surface area (Å²) in [5, 5.41) is 11.3. The molecule has 0 bridgehead atoms. The number of hydrogen-bond donors (Lipinski definition) is 2. The lowest BCUT2D eigenvalue weighted by atomic mass is 10.1. The van der Waals surface area contributed by atoms with Gasteiger partial charge in [0.05, 0.1) is 22.9 Å². The number of benzene rings is 2. The Morgan fingerprint density at radius 2 is 1.93 bits per heavy atom. The molecule has 0 radical (unpaired) electrons. The highest BCUT2D eigenvalue weighted by Gasteiger charge is 2.24. The molecule has 8 heteroatoms. The van der Waals surface area contributed by atoms with Crippen LogP contribution >= 0.6 is 0 Å². The number of non-ortho nitro benzene ring substituents is 1. The first-order valence-electron chi connectivity index (χ1n) is 8.59. The Bertz CT molecular complexity index is 1030. The van der Waals surface area contributed by atoms with Crippen molar-refractivity contribution >= 4 is 17.3 Å². The van der Waals surface area contributed by atoms with Gasteiger partial charge in [-0.15, -0.1) is 0 Å². The lowest BCUT2D eigenvalue weighted by Gasteiger charge is -2.11. The Kier molecular flexibility index (Phi) is 5.30. The van der Waals surface area contributed by atoms with E-state index in [9.17, 15) is 14.9 Å². The number of nitro benzene ring substituents is 1. The van der Waals surface area contributed by atoms with Gasteiger partial charge in [0.1, 0.15) is 17.1 Å². The van der Waals surface area contributed by atoms with E-state index in [-0.39, 0.29) is 23.5 Å². The number of aryl methyl sites for hydroxylation is 1. The van der Waals surface area contributed by atoms with E-state index in [1.54, 1.807) is 26.0 Å². The number of rotatable bonds is 6. The highest BCUT2D eigenvalue weighted by Crippen LogP contribution is 2.40. The minimum absolute atomic E-state index is 0.125. The van der Waals surface area contributed by atoms with E-state index in [2.05, 4.69) is 4.98 Å². The van der Waals surface area contributed by atoms with Crippen molar-refractivity contribution in [3.63, 3.8) is 0 Å². The van der Waals surface area contributed by atoms with Gasteiger partial charge in [-0.3, -0.25) is 10.1 Å². The molecule has 3 N–H and O–H groups in total. The summed E-state index contributed by atoms with van der Waals surface area (Å²) in [5.74, 6) is 0.362. The van der Waals surface area contributed by atoms with Crippen LogP contribution in [0.1, 0.15) is 23.0 Å². The fourth-order valence-electron chi connectivity index (χ4n) is 2.85. The molecule has 3 rings (SSSR count). The van der Waals surface area contributed by atoms with Crippen LogP contribution in [0.2, 0.25) is 0 Å². The summed E-state index contributed by atoms with van der Waals surface area (Å²) in [6, 6.07) is 13.2. The van der Waals surface area contributed by atoms with Crippen LogP contribution in [0.25, 0.3) is 11.3 Å². The fourth-order valence-corrected chi connectivity index (χ4v) is 2.85. The Hall–Kier alpha value is -3.81. The number of nitrogens with one attached hydrogen (secondary N) is 1. The molecule has 144 valence electrons. The van der Waals surface area contributed by atoms with Gasteiger partial charge < -0.3 is 20.2 Å². The number of nitrogens with two attached hydrogens (primary N) is 1. The maximum absolute atomic E-state index is 12.2. The van der Waals surface area contributed by atoms with Crippen molar-refractivity contribution in [3.05, 3.63) is 69.9 Å². The third kappa shape index (κ3) is 3.66. The highest BCUT2D eigenvalue weighted by molar-refractivity contribution is 6.01. The molecule has 2 aromatic carbocycles. The van der Waals surface area contributed by atoms with Crippen molar-refractivity contribution in [2.75, 3.05) is 12.3 Å². The minimum atomic E-state index is -0.559. The predicted molar refractivity (Wildman–Crippen MR) is 105 cm³/mol.